The molecule has 9 atom stereocenters. The molecule has 1 spiro atoms. The van der Waals surface area contributed by atoms with Crippen LogP contribution in [0.25, 0.3) is 10.9 Å². The zero-order valence-corrected chi connectivity index (χ0v) is 37.3. The molecule has 2 fully saturated rings. The third-order valence-corrected chi connectivity index (χ3v) is 15.6. The van der Waals surface area contributed by atoms with Gasteiger partial charge in [0.15, 0.2) is 0 Å². The Labute approximate surface area is 364 Å². The molecule has 0 radical (unpaired) electrons. The van der Waals surface area contributed by atoms with Gasteiger partial charge in [-0.05, 0) is 74.2 Å². The van der Waals surface area contributed by atoms with Crippen molar-refractivity contribution >= 4 is 34.6 Å². The predicted molar refractivity (Wildman–Crippen MR) is 237 cm³/mol. The van der Waals surface area contributed by atoms with Crippen molar-refractivity contribution in [1.82, 2.24) is 20.1 Å². The summed E-state index contributed by atoms with van der Waals surface area (Å²) in [6.45, 7) is 11.6. The maximum atomic E-state index is 15.4. The molecule has 2 bridgehead atoms. The first kappa shape index (κ1) is 42.5. The summed E-state index contributed by atoms with van der Waals surface area (Å²) in [7, 11) is 5.11. The van der Waals surface area contributed by atoms with E-state index in [0.29, 0.717) is 43.5 Å². The summed E-state index contributed by atoms with van der Waals surface area (Å²) in [4.78, 5) is 52.7. The van der Waals surface area contributed by atoms with E-state index in [4.69, 9.17) is 18.9 Å². The van der Waals surface area contributed by atoms with E-state index in [1.165, 1.54) is 19.6 Å². The first-order chi connectivity index (χ1) is 29.9. The highest BCUT2D eigenvalue weighted by atomic mass is 16.6. The molecular formula is C49H63N5O8. The van der Waals surface area contributed by atoms with Gasteiger partial charge in [0.2, 0.25) is 0 Å². The molecular weight excluding hydrogens is 787 g/mol. The number of esters is 2. The summed E-state index contributed by atoms with van der Waals surface area (Å²) in [5.41, 5.74) is 2.06. The topological polar surface area (TPSA) is 146 Å². The number of nitrogens with zero attached hydrogens (tertiary/aromatic N) is 3. The Balaban J connectivity index is 1.33. The van der Waals surface area contributed by atoms with Crippen LogP contribution in [-0.2, 0) is 41.1 Å². The molecule has 13 nitrogen and oxygen atoms in total. The van der Waals surface area contributed by atoms with Crippen molar-refractivity contribution in [2.75, 3.05) is 72.0 Å². The van der Waals surface area contributed by atoms with Crippen LogP contribution in [0.15, 0.2) is 60.2 Å². The monoisotopic (exact) mass is 849 g/mol. The molecule has 1 unspecified atom stereocenters. The first-order valence-corrected chi connectivity index (χ1v) is 22.6. The number of anilines is 1. The number of aliphatic hydroxyl groups is 1. The first-order valence-electron chi connectivity index (χ1n) is 22.6. The van der Waals surface area contributed by atoms with E-state index in [2.05, 4.69) is 81.3 Å². The normalized spacial score (nSPS) is 33.2. The lowest BCUT2D eigenvalue weighted by Crippen LogP contribution is -2.81. The highest BCUT2D eigenvalue weighted by Crippen LogP contribution is 2.68. The van der Waals surface area contributed by atoms with Crippen molar-refractivity contribution in [2.45, 2.75) is 101 Å². The largest absolute Gasteiger partial charge is 0.496 e. The third-order valence-electron chi connectivity index (χ3n) is 15.6. The molecule has 5 aliphatic heterocycles. The Kier molecular flexibility index (Phi) is 10.8. The maximum absolute atomic E-state index is 15.4. The quantitative estimate of drug-likeness (QED) is 0.130. The van der Waals surface area contributed by atoms with Crippen LogP contribution < -0.4 is 15.0 Å². The van der Waals surface area contributed by atoms with Crippen LogP contribution in [0, 0.1) is 11.3 Å². The fourth-order valence-corrected chi connectivity index (χ4v) is 13.5. The second-order valence-corrected chi connectivity index (χ2v) is 18.7. The molecule has 3 aromatic rings. The summed E-state index contributed by atoms with van der Waals surface area (Å²) in [5, 5.41) is 17.7. The van der Waals surface area contributed by atoms with Gasteiger partial charge >= 0.3 is 18.0 Å². The van der Waals surface area contributed by atoms with Crippen LogP contribution in [0.5, 0.6) is 5.75 Å². The minimum absolute atomic E-state index is 0.0303. The number of likely N-dealkylation sites (N-methyl/N-ethyl adjacent to an activating group) is 1. The Hall–Kier alpha value is -4.85. The number of aromatic amines is 1. The number of alkyl carbamates (subject to hydrolysis) is 1. The second-order valence-electron chi connectivity index (χ2n) is 18.7. The molecule has 332 valence electrons. The molecule has 1 saturated carbocycles. The number of para-hydroxylation sites is 1. The molecule has 13 heteroatoms. The van der Waals surface area contributed by atoms with Crippen LogP contribution in [-0.4, -0.2) is 129 Å². The van der Waals surface area contributed by atoms with Crippen molar-refractivity contribution in [2.24, 2.45) is 11.3 Å². The predicted octanol–water partition coefficient (Wildman–Crippen LogP) is 5.76. The second kappa shape index (κ2) is 15.7. The lowest BCUT2D eigenvalue weighted by molar-refractivity contribution is -0.217. The van der Waals surface area contributed by atoms with Gasteiger partial charge in [-0.15, -0.1) is 0 Å². The van der Waals surface area contributed by atoms with Crippen LogP contribution in [0.2, 0.25) is 0 Å². The maximum Gasteiger partial charge on any atom is 0.407 e. The number of aromatic nitrogens is 1. The van der Waals surface area contributed by atoms with Crippen molar-refractivity contribution < 1.29 is 38.4 Å². The molecule has 1 aliphatic carbocycles. The van der Waals surface area contributed by atoms with Gasteiger partial charge < -0.3 is 39.3 Å². The Morgan fingerprint density at radius 1 is 1.05 bits per heavy atom. The highest BCUT2D eigenvalue weighted by molar-refractivity contribution is 5.94. The number of fused-ring (bicyclic) bond motifs is 6. The number of nitrogens with one attached hydrogen (secondary N) is 2. The molecule has 1 saturated heterocycles. The van der Waals surface area contributed by atoms with Gasteiger partial charge in [0, 0.05) is 90.9 Å². The Morgan fingerprint density at radius 2 is 1.85 bits per heavy atom. The van der Waals surface area contributed by atoms with Crippen molar-refractivity contribution in [3.63, 3.8) is 0 Å². The zero-order chi connectivity index (χ0) is 43.8. The number of carbonyl (C=O) groups is 3. The number of methoxy groups -OCH3 is 2. The van der Waals surface area contributed by atoms with E-state index in [9.17, 15) is 14.7 Å². The Bertz CT molecular complexity index is 2340. The van der Waals surface area contributed by atoms with Crippen LogP contribution in [0.3, 0.4) is 0 Å². The van der Waals surface area contributed by atoms with E-state index < -0.39 is 46.1 Å². The van der Waals surface area contributed by atoms with Gasteiger partial charge in [-0.3, -0.25) is 19.4 Å². The number of hydrogen-bond acceptors (Lipinski definition) is 11. The molecule has 9 rings (SSSR count). The number of rotatable bonds is 10. The van der Waals surface area contributed by atoms with Gasteiger partial charge in [0.1, 0.15) is 22.9 Å². The van der Waals surface area contributed by atoms with E-state index in [0.717, 1.165) is 72.4 Å². The van der Waals surface area contributed by atoms with Gasteiger partial charge in [-0.25, -0.2) is 4.79 Å². The smallest absolute Gasteiger partial charge is 0.407 e. The average molecular weight is 850 g/mol. The lowest BCUT2D eigenvalue weighted by atomic mass is 9.47. The number of hydrogen-bond donors (Lipinski definition) is 3. The van der Waals surface area contributed by atoms with E-state index in [1.54, 1.807) is 7.11 Å². The van der Waals surface area contributed by atoms with E-state index >= 15 is 4.79 Å². The van der Waals surface area contributed by atoms with Gasteiger partial charge in [-0.2, -0.15) is 0 Å². The standard InChI is InChI=1S/C49H63N5O8/c1-8-22-61-45(57)50-29-49(58)42-47(18-21-54-19-13-17-46(10-3,41(47)54)43(49)62-30(4)55)35-24-36(39(59-6)25-38(35)52(42)5)48(44(56)60-7)26-32-23-31(9-2)27-53(28-32)20-16-34-33-14-11-12-15-37(33)51-40(34)48/h11-15,17,23-25,32,41-43,51,58H,8-10,16,18-22,26-29H2,1-7H3,(H,50,57)/t32-,41-,42+,43+,46+,47+,48-,49-/m0/s1. The molecule has 3 N–H and O–H groups in total. The van der Waals surface area contributed by atoms with Gasteiger partial charge in [0.25, 0.3) is 0 Å². The number of benzene rings is 2. The summed E-state index contributed by atoms with van der Waals surface area (Å²) in [6.07, 6.45) is 8.99. The molecule has 1 aromatic heterocycles. The van der Waals surface area contributed by atoms with Crippen LogP contribution in [0.4, 0.5) is 10.5 Å². The third kappa shape index (κ3) is 6.00. The van der Waals surface area contributed by atoms with E-state index in [-0.39, 0.29) is 31.1 Å². The van der Waals surface area contributed by atoms with Crippen molar-refractivity contribution in [1.29, 1.82) is 0 Å². The lowest BCUT2D eigenvalue weighted by Gasteiger charge is -2.64. The van der Waals surface area contributed by atoms with E-state index in [1.807, 2.05) is 26.1 Å². The van der Waals surface area contributed by atoms with Gasteiger partial charge in [0.05, 0.1) is 33.4 Å². The molecule has 2 aromatic carbocycles. The highest BCUT2D eigenvalue weighted by Gasteiger charge is 2.78. The van der Waals surface area contributed by atoms with Crippen molar-refractivity contribution in [3.8, 4) is 5.75 Å². The van der Waals surface area contributed by atoms with Gasteiger partial charge in [-0.1, -0.05) is 62.8 Å². The fourth-order valence-electron chi connectivity index (χ4n) is 13.5. The number of ether oxygens (including phenoxy) is 4. The minimum atomic E-state index is -1.81. The molecule has 6 heterocycles. The molecule has 62 heavy (non-hydrogen) atoms. The molecule has 6 aliphatic rings. The summed E-state index contributed by atoms with van der Waals surface area (Å²) in [6, 6.07) is 11.6. The number of H-pyrrole nitrogens is 1. The van der Waals surface area contributed by atoms with Crippen LogP contribution in [0.1, 0.15) is 82.2 Å². The minimum Gasteiger partial charge on any atom is -0.496 e. The summed E-state index contributed by atoms with van der Waals surface area (Å²) < 4.78 is 24.3. The zero-order valence-electron chi connectivity index (χ0n) is 37.3. The number of carbonyl (C=O) groups excluding carboxylic acids is 3. The molecule has 1 amide bonds. The van der Waals surface area contributed by atoms with Crippen molar-refractivity contribution in [3.05, 3.63) is 82.6 Å². The number of amides is 1. The summed E-state index contributed by atoms with van der Waals surface area (Å²) >= 11 is 0. The average Bonchev–Trinajstić information content (AvgIpc) is 3.94. The summed E-state index contributed by atoms with van der Waals surface area (Å²) in [5.74, 6) is -0.309. The fraction of sp³-hybridized carbons (Fsp3) is 0.571. The Morgan fingerprint density at radius 3 is 2.58 bits per heavy atom. The van der Waals surface area contributed by atoms with Crippen LogP contribution >= 0.6 is 0 Å². The SMILES string of the molecule is CCCOC(=O)NC[C@@]1(O)[C@H](OC(C)=O)[C@]2(CC)C=CCN3CC[C@@]4(c5cc([C@@]6(C(=O)OC)C[C@@H]7C=C(CC)CN(CCc8c6[nH]c6ccccc86)C7)c(OC)cc5N(C)[C@@H]14)[C@@H]32.